The summed E-state index contributed by atoms with van der Waals surface area (Å²) in [5, 5.41) is 18.8. The molecule has 92 valence electrons. The van der Waals surface area contributed by atoms with Crippen molar-refractivity contribution in [2.24, 2.45) is 11.8 Å². The van der Waals surface area contributed by atoms with Crippen molar-refractivity contribution >= 4 is 0 Å². The molecule has 0 aliphatic carbocycles. The average molecular weight is 230 g/mol. The molecule has 2 aliphatic heterocycles. The van der Waals surface area contributed by atoms with E-state index in [1.807, 2.05) is 12.2 Å². The highest BCUT2D eigenvalue weighted by molar-refractivity contribution is 5.24. The van der Waals surface area contributed by atoms with Crippen LogP contribution in [0.1, 0.15) is 0 Å². The highest BCUT2D eigenvalue weighted by atomic mass is 16.7. The van der Waals surface area contributed by atoms with Gasteiger partial charge in [0.05, 0.1) is 6.10 Å². The van der Waals surface area contributed by atoms with Crippen LogP contribution in [0.2, 0.25) is 0 Å². The minimum atomic E-state index is -0.768. The molecule has 0 unspecified atom stereocenters. The molecule has 0 saturated carbocycles. The van der Waals surface area contributed by atoms with Gasteiger partial charge in [0, 0.05) is 39.3 Å². The number of ether oxygens (including phenoxy) is 3. The molecule has 16 heavy (non-hydrogen) atoms. The standard InChI is InChI=1S/C11H18O5/c1-14-10(15-2)11-4-3-9(16-11)7(5-12)8(11)6-13/h3-4,7-10,12-13H,5-6H2,1-2H3/t7-,8+,9+,11-/m0/s1. The first-order chi connectivity index (χ1) is 7.73. The summed E-state index contributed by atoms with van der Waals surface area (Å²) < 4.78 is 16.3. The highest BCUT2D eigenvalue weighted by Crippen LogP contribution is 2.49. The van der Waals surface area contributed by atoms with Gasteiger partial charge < -0.3 is 24.4 Å². The van der Waals surface area contributed by atoms with Crippen LogP contribution in [-0.4, -0.2) is 55.6 Å². The lowest BCUT2D eigenvalue weighted by Gasteiger charge is -2.36. The van der Waals surface area contributed by atoms with Crippen molar-refractivity contribution in [2.45, 2.75) is 18.0 Å². The summed E-state index contributed by atoms with van der Waals surface area (Å²) in [4.78, 5) is 0. The molecule has 2 N–H and O–H groups in total. The zero-order valence-electron chi connectivity index (χ0n) is 9.50. The molecule has 0 aromatic rings. The van der Waals surface area contributed by atoms with Crippen LogP contribution in [0.5, 0.6) is 0 Å². The molecule has 2 aliphatic rings. The van der Waals surface area contributed by atoms with Gasteiger partial charge in [0.2, 0.25) is 0 Å². The van der Waals surface area contributed by atoms with Crippen LogP contribution in [0.4, 0.5) is 0 Å². The predicted octanol–water partition coefficient (Wildman–Crippen LogP) is -0.470. The number of hydrogen-bond donors (Lipinski definition) is 2. The molecular weight excluding hydrogens is 212 g/mol. The van der Waals surface area contributed by atoms with Gasteiger partial charge >= 0.3 is 0 Å². The summed E-state index contributed by atoms with van der Waals surface area (Å²) in [6, 6.07) is 0. The molecule has 0 amide bonds. The Morgan fingerprint density at radius 1 is 1.31 bits per heavy atom. The Labute approximate surface area is 94.6 Å². The number of fused-ring (bicyclic) bond motifs is 2. The van der Waals surface area contributed by atoms with E-state index in [1.54, 1.807) is 0 Å². The minimum Gasteiger partial charge on any atom is -0.396 e. The quantitative estimate of drug-likeness (QED) is 0.493. The first-order valence-electron chi connectivity index (χ1n) is 5.38. The van der Waals surface area contributed by atoms with Gasteiger partial charge in [0.25, 0.3) is 0 Å². The van der Waals surface area contributed by atoms with Crippen molar-refractivity contribution in [1.82, 2.24) is 0 Å². The van der Waals surface area contributed by atoms with Gasteiger partial charge in [-0.25, -0.2) is 0 Å². The Morgan fingerprint density at radius 2 is 2.00 bits per heavy atom. The fourth-order valence-corrected chi connectivity index (χ4v) is 2.85. The predicted molar refractivity (Wildman–Crippen MR) is 55.7 cm³/mol. The van der Waals surface area contributed by atoms with Crippen molar-refractivity contribution in [3.8, 4) is 0 Å². The third-order valence-corrected chi connectivity index (χ3v) is 3.61. The summed E-state index contributed by atoms with van der Waals surface area (Å²) in [5.41, 5.74) is -0.768. The summed E-state index contributed by atoms with van der Waals surface area (Å²) in [5.74, 6) is -0.291. The van der Waals surface area contributed by atoms with Gasteiger partial charge in [-0.2, -0.15) is 0 Å². The molecule has 5 heteroatoms. The fraction of sp³-hybridized carbons (Fsp3) is 0.818. The zero-order valence-corrected chi connectivity index (χ0v) is 9.50. The van der Waals surface area contributed by atoms with Crippen molar-refractivity contribution in [3.63, 3.8) is 0 Å². The smallest absolute Gasteiger partial charge is 0.190 e. The molecule has 1 saturated heterocycles. The van der Waals surface area contributed by atoms with Crippen LogP contribution in [0.25, 0.3) is 0 Å². The Kier molecular flexibility index (Phi) is 3.32. The Bertz CT molecular complexity index is 276. The maximum absolute atomic E-state index is 9.46. The molecular formula is C11H18O5. The minimum absolute atomic E-state index is 0.0118. The van der Waals surface area contributed by atoms with Crippen molar-refractivity contribution in [3.05, 3.63) is 12.2 Å². The number of hydrogen-bond acceptors (Lipinski definition) is 5. The van der Waals surface area contributed by atoms with Crippen LogP contribution >= 0.6 is 0 Å². The average Bonchev–Trinajstić information content (AvgIpc) is 2.85. The topological polar surface area (TPSA) is 68.2 Å². The molecule has 2 heterocycles. The molecule has 5 nitrogen and oxygen atoms in total. The normalized spacial score (nSPS) is 41.2. The second-order valence-electron chi connectivity index (χ2n) is 4.23. The third-order valence-electron chi connectivity index (χ3n) is 3.61. The van der Waals surface area contributed by atoms with Crippen LogP contribution in [0.3, 0.4) is 0 Å². The SMILES string of the molecule is COC(OC)[C@@]12C=C[C@@H](O1)[C@@H](CO)[C@H]2CO. The first kappa shape index (κ1) is 12.0. The number of aliphatic hydroxyl groups excluding tert-OH is 2. The van der Waals surface area contributed by atoms with Crippen LogP contribution in [-0.2, 0) is 14.2 Å². The van der Waals surface area contributed by atoms with E-state index in [9.17, 15) is 10.2 Å². The van der Waals surface area contributed by atoms with E-state index < -0.39 is 11.9 Å². The van der Waals surface area contributed by atoms with E-state index in [4.69, 9.17) is 14.2 Å². The maximum Gasteiger partial charge on any atom is 0.190 e. The lowest BCUT2D eigenvalue weighted by molar-refractivity contribution is -0.213. The summed E-state index contributed by atoms with van der Waals surface area (Å²) in [6.07, 6.45) is 3.05. The lowest BCUT2D eigenvalue weighted by atomic mass is 9.75. The van der Waals surface area contributed by atoms with Gasteiger partial charge in [-0.05, 0) is 6.08 Å². The molecule has 0 aromatic heterocycles. The van der Waals surface area contributed by atoms with Gasteiger partial charge in [0.1, 0.15) is 5.60 Å². The van der Waals surface area contributed by atoms with Crippen LogP contribution in [0.15, 0.2) is 12.2 Å². The first-order valence-corrected chi connectivity index (χ1v) is 5.38. The Balaban J connectivity index is 2.29. The van der Waals surface area contributed by atoms with Crippen molar-refractivity contribution in [1.29, 1.82) is 0 Å². The summed E-state index contributed by atoms with van der Waals surface area (Å²) >= 11 is 0. The summed E-state index contributed by atoms with van der Waals surface area (Å²) in [6.45, 7) is -0.0720. The van der Waals surface area contributed by atoms with E-state index in [-0.39, 0.29) is 31.2 Å². The largest absolute Gasteiger partial charge is 0.396 e. The van der Waals surface area contributed by atoms with E-state index in [0.29, 0.717) is 0 Å². The third kappa shape index (κ3) is 1.43. The Hall–Kier alpha value is -0.460. The van der Waals surface area contributed by atoms with Gasteiger partial charge in [0.15, 0.2) is 6.29 Å². The highest BCUT2D eigenvalue weighted by Gasteiger charge is 2.60. The van der Waals surface area contributed by atoms with Crippen molar-refractivity contribution in [2.75, 3.05) is 27.4 Å². The molecule has 0 radical (unpaired) electrons. The van der Waals surface area contributed by atoms with E-state index in [2.05, 4.69) is 0 Å². The number of rotatable bonds is 5. The van der Waals surface area contributed by atoms with Gasteiger partial charge in [-0.3, -0.25) is 0 Å². The molecule has 0 aromatic carbocycles. The van der Waals surface area contributed by atoms with Crippen molar-refractivity contribution < 1.29 is 24.4 Å². The fourth-order valence-electron chi connectivity index (χ4n) is 2.85. The maximum atomic E-state index is 9.46. The van der Waals surface area contributed by atoms with Gasteiger partial charge in [-0.15, -0.1) is 0 Å². The van der Waals surface area contributed by atoms with Gasteiger partial charge in [-0.1, -0.05) is 6.08 Å². The zero-order chi connectivity index (χ0) is 11.8. The second kappa shape index (κ2) is 4.43. The summed E-state index contributed by atoms with van der Waals surface area (Å²) in [7, 11) is 3.07. The number of aliphatic hydroxyl groups is 2. The van der Waals surface area contributed by atoms with E-state index >= 15 is 0 Å². The molecule has 1 fully saturated rings. The van der Waals surface area contributed by atoms with Crippen LogP contribution < -0.4 is 0 Å². The van der Waals surface area contributed by atoms with Crippen LogP contribution in [0, 0.1) is 11.8 Å². The molecule has 0 spiro atoms. The molecule has 4 atom stereocenters. The Morgan fingerprint density at radius 3 is 2.50 bits per heavy atom. The lowest BCUT2D eigenvalue weighted by Crippen LogP contribution is -2.50. The van der Waals surface area contributed by atoms with E-state index in [0.717, 1.165) is 0 Å². The molecule has 2 rings (SSSR count). The number of methoxy groups -OCH3 is 2. The van der Waals surface area contributed by atoms with E-state index in [1.165, 1.54) is 14.2 Å². The monoisotopic (exact) mass is 230 g/mol. The second-order valence-corrected chi connectivity index (χ2v) is 4.23. The molecule has 2 bridgehead atoms.